The highest BCUT2D eigenvalue weighted by Crippen LogP contribution is 2.19. The second-order valence-corrected chi connectivity index (χ2v) is 2.50. The number of hydrogen-bond donors (Lipinski definition) is 3. The van der Waals surface area contributed by atoms with Crippen molar-refractivity contribution in [1.82, 2.24) is 0 Å². The van der Waals surface area contributed by atoms with Crippen LogP contribution in [-0.2, 0) is 9.53 Å². The number of hydrogen-bond acceptors (Lipinski definition) is 4. The number of carboxylic acid groups (broad SMARTS) is 1. The fourth-order valence-corrected chi connectivity index (χ4v) is 1.09. The lowest BCUT2D eigenvalue weighted by Crippen LogP contribution is -2.30. The monoisotopic (exact) mass is 162 g/mol. The third-order valence-corrected chi connectivity index (χ3v) is 1.64. The predicted octanol–water partition coefficient (Wildman–Crippen LogP) is -1.42. The van der Waals surface area contributed by atoms with E-state index < -0.39 is 24.3 Å². The van der Waals surface area contributed by atoms with E-state index in [1.165, 1.54) is 0 Å². The summed E-state index contributed by atoms with van der Waals surface area (Å²) in [5.74, 6) is -1.19. The van der Waals surface area contributed by atoms with Crippen molar-refractivity contribution < 1.29 is 24.9 Å². The van der Waals surface area contributed by atoms with Crippen molar-refractivity contribution in [1.29, 1.82) is 0 Å². The molecule has 1 fully saturated rings. The van der Waals surface area contributed by atoms with Crippen molar-refractivity contribution in [2.45, 2.75) is 24.7 Å². The SMILES string of the molecule is O=C(O)[C@@H]1O[C@H](CO)C[C@@H]1O. The lowest BCUT2D eigenvalue weighted by atomic mass is 10.1. The van der Waals surface area contributed by atoms with Crippen LogP contribution >= 0.6 is 0 Å². The summed E-state index contributed by atoms with van der Waals surface area (Å²) in [5.41, 5.74) is 0. The van der Waals surface area contributed by atoms with Gasteiger partial charge in [0, 0.05) is 6.42 Å². The van der Waals surface area contributed by atoms with Gasteiger partial charge >= 0.3 is 5.97 Å². The molecule has 0 aromatic heterocycles. The number of ether oxygens (including phenoxy) is 1. The van der Waals surface area contributed by atoms with Crippen molar-refractivity contribution in [3.63, 3.8) is 0 Å². The Labute approximate surface area is 63.2 Å². The minimum absolute atomic E-state index is 0.188. The van der Waals surface area contributed by atoms with Crippen LogP contribution in [0.15, 0.2) is 0 Å². The van der Waals surface area contributed by atoms with E-state index in [9.17, 15) is 4.79 Å². The highest BCUT2D eigenvalue weighted by atomic mass is 16.6. The van der Waals surface area contributed by atoms with Crippen molar-refractivity contribution in [3.05, 3.63) is 0 Å². The number of aliphatic hydroxyl groups excluding tert-OH is 2. The molecule has 1 rings (SSSR count). The Bertz CT molecular complexity index is 157. The maximum atomic E-state index is 10.3. The van der Waals surface area contributed by atoms with Gasteiger partial charge in [-0.3, -0.25) is 0 Å². The zero-order valence-corrected chi connectivity index (χ0v) is 5.80. The summed E-state index contributed by atoms with van der Waals surface area (Å²) in [5, 5.41) is 26.0. The molecule has 64 valence electrons. The number of aliphatic carboxylic acids is 1. The van der Waals surface area contributed by atoms with Crippen LogP contribution in [0.1, 0.15) is 6.42 Å². The first-order valence-corrected chi connectivity index (χ1v) is 3.32. The van der Waals surface area contributed by atoms with E-state index in [1.54, 1.807) is 0 Å². The van der Waals surface area contributed by atoms with Gasteiger partial charge in [-0.1, -0.05) is 0 Å². The summed E-state index contributed by atoms with van der Waals surface area (Å²) in [6, 6.07) is 0. The Morgan fingerprint density at radius 2 is 2.27 bits per heavy atom. The molecule has 0 aliphatic carbocycles. The predicted molar refractivity (Wildman–Crippen MR) is 34.0 cm³/mol. The van der Waals surface area contributed by atoms with Crippen LogP contribution in [0.25, 0.3) is 0 Å². The van der Waals surface area contributed by atoms with E-state index in [2.05, 4.69) is 0 Å². The zero-order valence-electron chi connectivity index (χ0n) is 5.80. The summed E-state index contributed by atoms with van der Waals surface area (Å²) in [4.78, 5) is 10.3. The first-order valence-electron chi connectivity index (χ1n) is 3.32. The fourth-order valence-electron chi connectivity index (χ4n) is 1.09. The van der Waals surface area contributed by atoms with Crippen molar-refractivity contribution in [3.8, 4) is 0 Å². The Balaban J connectivity index is 2.51. The number of aliphatic hydroxyl groups is 2. The summed E-state index contributed by atoms with van der Waals surface area (Å²) >= 11 is 0. The third kappa shape index (κ3) is 1.68. The quantitative estimate of drug-likeness (QED) is 0.464. The Hall–Kier alpha value is -0.650. The molecule has 0 radical (unpaired) electrons. The van der Waals surface area contributed by atoms with Gasteiger partial charge in [0.2, 0.25) is 0 Å². The van der Waals surface area contributed by atoms with Crippen LogP contribution in [-0.4, -0.2) is 46.2 Å². The van der Waals surface area contributed by atoms with Gasteiger partial charge in [0.1, 0.15) is 0 Å². The standard InChI is InChI=1S/C6H10O5/c7-2-3-1-4(8)5(11-3)6(9)10/h3-5,7-8H,1-2H2,(H,9,10)/t3-,4-,5+/m0/s1. The van der Waals surface area contributed by atoms with Gasteiger partial charge in [-0.2, -0.15) is 0 Å². The second kappa shape index (κ2) is 3.17. The van der Waals surface area contributed by atoms with Gasteiger partial charge in [-0.25, -0.2) is 4.79 Å². The third-order valence-electron chi connectivity index (χ3n) is 1.64. The Morgan fingerprint density at radius 1 is 1.64 bits per heavy atom. The van der Waals surface area contributed by atoms with Crippen LogP contribution < -0.4 is 0 Å². The molecule has 1 heterocycles. The van der Waals surface area contributed by atoms with Gasteiger partial charge in [-0.05, 0) is 0 Å². The first-order chi connectivity index (χ1) is 5.15. The molecule has 0 bridgehead atoms. The van der Waals surface area contributed by atoms with Gasteiger partial charge in [0.05, 0.1) is 18.8 Å². The minimum Gasteiger partial charge on any atom is -0.479 e. The lowest BCUT2D eigenvalue weighted by Gasteiger charge is -2.07. The maximum absolute atomic E-state index is 10.3. The van der Waals surface area contributed by atoms with Gasteiger partial charge in [-0.15, -0.1) is 0 Å². The van der Waals surface area contributed by atoms with Crippen LogP contribution in [0.2, 0.25) is 0 Å². The van der Waals surface area contributed by atoms with E-state index in [0.717, 1.165) is 0 Å². The first kappa shape index (κ1) is 8.45. The van der Waals surface area contributed by atoms with Crippen molar-refractivity contribution >= 4 is 5.97 Å². The molecule has 1 saturated heterocycles. The highest BCUT2D eigenvalue weighted by molar-refractivity contribution is 5.73. The zero-order chi connectivity index (χ0) is 8.43. The molecule has 3 N–H and O–H groups in total. The molecular formula is C6H10O5. The average Bonchev–Trinajstić information content (AvgIpc) is 2.30. The molecule has 0 amide bonds. The summed E-state index contributed by atoms with van der Waals surface area (Å²) < 4.78 is 4.78. The highest BCUT2D eigenvalue weighted by Gasteiger charge is 2.38. The largest absolute Gasteiger partial charge is 0.479 e. The number of carboxylic acids is 1. The molecule has 1 aliphatic heterocycles. The Morgan fingerprint density at radius 3 is 2.55 bits per heavy atom. The van der Waals surface area contributed by atoms with Crippen LogP contribution in [0.3, 0.4) is 0 Å². The van der Waals surface area contributed by atoms with Crippen molar-refractivity contribution in [2.75, 3.05) is 6.61 Å². The van der Waals surface area contributed by atoms with Gasteiger partial charge < -0.3 is 20.1 Å². The van der Waals surface area contributed by atoms with E-state index in [0.29, 0.717) is 0 Å². The molecule has 11 heavy (non-hydrogen) atoms. The molecule has 0 aromatic rings. The molecule has 3 atom stereocenters. The minimum atomic E-state index is -1.19. The summed E-state index contributed by atoms with van der Waals surface area (Å²) in [7, 11) is 0. The van der Waals surface area contributed by atoms with E-state index in [1.807, 2.05) is 0 Å². The van der Waals surface area contributed by atoms with Gasteiger partial charge in [0.15, 0.2) is 6.10 Å². The molecule has 0 unspecified atom stereocenters. The molecule has 0 aromatic carbocycles. The maximum Gasteiger partial charge on any atom is 0.335 e. The second-order valence-electron chi connectivity index (χ2n) is 2.50. The average molecular weight is 162 g/mol. The molecule has 5 heteroatoms. The summed E-state index contributed by atoms with van der Waals surface area (Å²) in [6.07, 6.45) is -2.52. The number of rotatable bonds is 2. The van der Waals surface area contributed by atoms with Gasteiger partial charge in [0.25, 0.3) is 0 Å². The van der Waals surface area contributed by atoms with Crippen LogP contribution in [0.5, 0.6) is 0 Å². The van der Waals surface area contributed by atoms with E-state index >= 15 is 0 Å². The lowest BCUT2D eigenvalue weighted by molar-refractivity contribution is -0.153. The van der Waals surface area contributed by atoms with Crippen LogP contribution in [0.4, 0.5) is 0 Å². The topological polar surface area (TPSA) is 87.0 Å². The smallest absolute Gasteiger partial charge is 0.335 e. The molecule has 0 saturated carbocycles. The Kier molecular flexibility index (Phi) is 2.43. The number of carbonyl (C=O) groups is 1. The van der Waals surface area contributed by atoms with Crippen LogP contribution in [0, 0.1) is 0 Å². The summed E-state index contributed by atoms with van der Waals surface area (Å²) in [6.45, 7) is -0.249. The fraction of sp³-hybridized carbons (Fsp3) is 0.833. The molecule has 5 nitrogen and oxygen atoms in total. The van der Waals surface area contributed by atoms with Crippen molar-refractivity contribution in [2.24, 2.45) is 0 Å². The van der Waals surface area contributed by atoms with E-state index in [-0.39, 0.29) is 13.0 Å². The molecular weight excluding hydrogens is 152 g/mol. The molecule has 1 aliphatic rings. The molecule has 0 spiro atoms. The normalized spacial score (nSPS) is 37.5. The van der Waals surface area contributed by atoms with E-state index in [4.69, 9.17) is 20.1 Å².